The summed E-state index contributed by atoms with van der Waals surface area (Å²) < 4.78 is 27.2. The summed E-state index contributed by atoms with van der Waals surface area (Å²) in [4.78, 5) is 0. The van der Waals surface area contributed by atoms with Gasteiger partial charge in [0.2, 0.25) is 10.0 Å². The Balaban J connectivity index is 2.46. The molecule has 1 saturated carbocycles. The van der Waals surface area contributed by atoms with Crippen LogP contribution in [0.1, 0.15) is 53.4 Å². The Hall–Kier alpha value is -0.130. The quantitative estimate of drug-likeness (QED) is 0.746. The molecule has 4 nitrogen and oxygen atoms in total. The van der Waals surface area contributed by atoms with Gasteiger partial charge in [0.05, 0.1) is 5.25 Å². The highest BCUT2D eigenvalue weighted by Crippen LogP contribution is 2.27. The summed E-state index contributed by atoms with van der Waals surface area (Å²) >= 11 is 0. The van der Waals surface area contributed by atoms with Crippen molar-refractivity contribution in [3.63, 3.8) is 0 Å². The van der Waals surface area contributed by atoms with Crippen LogP contribution in [-0.2, 0) is 10.0 Å². The van der Waals surface area contributed by atoms with Crippen LogP contribution >= 0.6 is 0 Å². The highest BCUT2D eigenvalue weighted by molar-refractivity contribution is 7.90. The molecule has 0 radical (unpaired) electrons. The Morgan fingerprint density at radius 1 is 1.11 bits per heavy atom. The average molecular weight is 276 g/mol. The lowest BCUT2D eigenvalue weighted by Gasteiger charge is -2.23. The Bertz CT molecular complexity index is 335. The molecule has 1 aliphatic rings. The second-order valence-corrected chi connectivity index (χ2v) is 8.00. The van der Waals surface area contributed by atoms with Crippen LogP contribution < -0.4 is 10.0 Å². The fourth-order valence-electron chi connectivity index (χ4n) is 2.44. The van der Waals surface area contributed by atoms with Crippen molar-refractivity contribution in [2.45, 2.75) is 70.7 Å². The molecule has 108 valence electrons. The van der Waals surface area contributed by atoms with Crippen LogP contribution in [-0.4, -0.2) is 32.3 Å². The normalized spacial score (nSPS) is 21.4. The molecular weight excluding hydrogens is 248 g/mol. The number of hydrogen-bond acceptors (Lipinski definition) is 3. The van der Waals surface area contributed by atoms with Gasteiger partial charge in [-0.3, -0.25) is 0 Å². The van der Waals surface area contributed by atoms with Gasteiger partial charge in [-0.1, -0.05) is 26.7 Å². The molecule has 0 bridgehead atoms. The summed E-state index contributed by atoms with van der Waals surface area (Å²) in [6.45, 7) is 8.31. The van der Waals surface area contributed by atoms with E-state index in [0.717, 1.165) is 12.8 Å². The van der Waals surface area contributed by atoms with Crippen LogP contribution in [0, 0.1) is 5.92 Å². The average Bonchev–Trinajstić information content (AvgIpc) is 2.78. The molecule has 2 N–H and O–H groups in total. The van der Waals surface area contributed by atoms with Gasteiger partial charge in [0, 0.05) is 18.6 Å². The summed E-state index contributed by atoms with van der Waals surface area (Å²) in [7, 11) is -3.21. The van der Waals surface area contributed by atoms with Gasteiger partial charge < -0.3 is 5.32 Å². The zero-order valence-corrected chi connectivity index (χ0v) is 12.9. The Morgan fingerprint density at radius 3 is 2.17 bits per heavy atom. The number of sulfonamides is 1. The number of nitrogens with one attached hydrogen (secondary N) is 2. The second kappa shape index (κ2) is 6.87. The van der Waals surface area contributed by atoms with Crippen molar-refractivity contribution in [1.29, 1.82) is 0 Å². The molecule has 0 saturated heterocycles. The molecule has 0 spiro atoms. The van der Waals surface area contributed by atoms with Gasteiger partial charge in [-0.25, -0.2) is 13.1 Å². The van der Waals surface area contributed by atoms with Gasteiger partial charge >= 0.3 is 0 Å². The highest BCUT2D eigenvalue weighted by Gasteiger charge is 2.28. The van der Waals surface area contributed by atoms with Crippen LogP contribution in [0.5, 0.6) is 0 Å². The van der Waals surface area contributed by atoms with Crippen molar-refractivity contribution >= 4 is 10.0 Å². The van der Waals surface area contributed by atoms with Gasteiger partial charge in [0.25, 0.3) is 0 Å². The SMILES string of the molecule is CC(C)NCC(C)S(=O)(=O)NC(C)C1CCCC1. The molecule has 0 aliphatic heterocycles. The fourth-order valence-corrected chi connectivity index (χ4v) is 3.70. The van der Waals surface area contributed by atoms with E-state index in [1.165, 1.54) is 12.8 Å². The van der Waals surface area contributed by atoms with Crippen molar-refractivity contribution in [3.05, 3.63) is 0 Å². The Morgan fingerprint density at radius 2 is 1.67 bits per heavy atom. The van der Waals surface area contributed by atoms with E-state index in [9.17, 15) is 8.42 Å². The predicted octanol–water partition coefficient (Wildman–Crippen LogP) is 1.87. The zero-order valence-electron chi connectivity index (χ0n) is 12.1. The molecule has 0 aromatic rings. The largest absolute Gasteiger partial charge is 0.313 e. The minimum Gasteiger partial charge on any atom is -0.313 e. The molecule has 0 aromatic heterocycles. The summed E-state index contributed by atoms with van der Waals surface area (Å²) in [5, 5.41) is 2.79. The smallest absolute Gasteiger partial charge is 0.215 e. The summed E-state index contributed by atoms with van der Waals surface area (Å²) in [6, 6.07) is 0.383. The van der Waals surface area contributed by atoms with Gasteiger partial charge in [-0.15, -0.1) is 0 Å². The molecule has 1 fully saturated rings. The van der Waals surface area contributed by atoms with E-state index in [-0.39, 0.29) is 11.3 Å². The van der Waals surface area contributed by atoms with E-state index in [4.69, 9.17) is 0 Å². The number of rotatable bonds is 7. The first kappa shape index (κ1) is 15.9. The van der Waals surface area contributed by atoms with Crippen LogP contribution in [0.15, 0.2) is 0 Å². The Labute approximate surface area is 112 Å². The monoisotopic (exact) mass is 276 g/mol. The molecule has 1 aliphatic carbocycles. The predicted molar refractivity (Wildman–Crippen MR) is 76.1 cm³/mol. The van der Waals surface area contributed by atoms with E-state index < -0.39 is 10.0 Å². The first-order valence-electron chi connectivity index (χ1n) is 7.07. The lowest BCUT2D eigenvalue weighted by Crippen LogP contribution is -2.45. The summed E-state index contributed by atoms with van der Waals surface area (Å²) in [5.74, 6) is 0.519. The topological polar surface area (TPSA) is 58.2 Å². The third-order valence-corrected chi connectivity index (χ3v) is 5.73. The maximum atomic E-state index is 12.2. The van der Waals surface area contributed by atoms with Gasteiger partial charge in [0.1, 0.15) is 0 Å². The third-order valence-electron chi connectivity index (χ3n) is 3.80. The molecule has 1 rings (SSSR count). The van der Waals surface area contributed by atoms with Crippen molar-refractivity contribution in [1.82, 2.24) is 10.0 Å². The zero-order chi connectivity index (χ0) is 13.8. The van der Waals surface area contributed by atoms with Gasteiger partial charge in [-0.2, -0.15) is 0 Å². The molecule has 0 amide bonds. The van der Waals surface area contributed by atoms with E-state index in [1.54, 1.807) is 6.92 Å². The van der Waals surface area contributed by atoms with E-state index in [0.29, 0.717) is 18.5 Å². The second-order valence-electron chi connectivity index (χ2n) is 5.87. The maximum absolute atomic E-state index is 12.2. The van der Waals surface area contributed by atoms with Gasteiger partial charge in [0.15, 0.2) is 0 Å². The lowest BCUT2D eigenvalue weighted by atomic mass is 10.0. The molecule has 18 heavy (non-hydrogen) atoms. The molecule has 2 unspecified atom stereocenters. The van der Waals surface area contributed by atoms with Crippen molar-refractivity contribution in [2.24, 2.45) is 5.92 Å². The lowest BCUT2D eigenvalue weighted by molar-refractivity contribution is 0.420. The fraction of sp³-hybridized carbons (Fsp3) is 1.00. The maximum Gasteiger partial charge on any atom is 0.215 e. The Kier molecular flexibility index (Phi) is 6.08. The molecule has 5 heteroatoms. The molecule has 0 aromatic carbocycles. The van der Waals surface area contributed by atoms with Crippen molar-refractivity contribution in [2.75, 3.05) is 6.54 Å². The van der Waals surface area contributed by atoms with Gasteiger partial charge in [-0.05, 0) is 32.6 Å². The van der Waals surface area contributed by atoms with E-state index in [1.807, 2.05) is 20.8 Å². The van der Waals surface area contributed by atoms with Crippen LogP contribution in [0.4, 0.5) is 0 Å². The third kappa shape index (κ3) is 4.86. The first-order chi connectivity index (χ1) is 8.33. The van der Waals surface area contributed by atoms with Crippen molar-refractivity contribution in [3.8, 4) is 0 Å². The van der Waals surface area contributed by atoms with E-state index >= 15 is 0 Å². The molecule has 2 atom stereocenters. The first-order valence-corrected chi connectivity index (χ1v) is 8.62. The molecular formula is C13H28N2O2S. The summed E-state index contributed by atoms with van der Waals surface area (Å²) in [5.41, 5.74) is 0. The number of hydrogen-bond donors (Lipinski definition) is 2. The highest BCUT2D eigenvalue weighted by atomic mass is 32.2. The minimum absolute atomic E-state index is 0.0685. The minimum atomic E-state index is -3.21. The summed E-state index contributed by atoms with van der Waals surface area (Å²) in [6.07, 6.45) is 4.78. The van der Waals surface area contributed by atoms with Crippen LogP contribution in [0.2, 0.25) is 0 Å². The molecule has 0 heterocycles. The van der Waals surface area contributed by atoms with Crippen molar-refractivity contribution < 1.29 is 8.42 Å². The van der Waals surface area contributed by atoms with Crippen LogP contribution in [0.25, 0.3) is 0 Å². The van der Waals surface area contributed by atoms with E-state index in [2.05, 4.69) is 10.0 Å². The standard InChI is InChI=1S/C13H28N2O2S/c1-10(2)14-9-11(3)18(16,17)15-12(4)13-7-5-6-8-13/h10-15H,5-9H2,1-4H3. The van der Waals surface area contributed by atoms with Crippen LogP contribution in [0.3, 0.4) is 0 Å².